The smallest absolute Gasteiger partial charge is 0.118 e. The van der Waals surface area contributed by atoms with Crippen LogP contribution in [0.15, 0.2) is 48.5 Å². The first-order chi connectivity index (χ1) is 9.22. The van der Waals surface area contributed by atoms with Crippen LogP contribution in [0.1, 0.15) is 29.0 Å². The quantitative estimate of drug-likeness (QED) is 0.857. The number of phenols is 1. The van der Waals surface area contributed by atoms with Gasteiger partial charge in [0.05, 0.1) is 0 Å². The van der Waals surface area contributed by atoms with E-state index in [-0.39, 0.29) is 0 Å². The van der Waals surface area contributed by atoms with Crippen molar-refractivity contribution in [2.24, 2.45) is 0 Å². The number of aryl methyl sites for hydroxylation is 1. The van der Waals surface area contributed by atoms with Crippen molar-refractivity contribution in [3.05, 3.63) is 65.2 Å². The van der Waals surface area contributed by atoms with Crippen LogP contribution in [-0.2, 0) is 0 Å². The van der Waals surface area contributed by atoms with E-state index in [0.29, 0.717) is 11.7 Å². The van der Waals surface area contributed by atoms with E-state index in [1.807, 2.05) is 26.1 Å². The number of benzene rings is 2. The third kappa shape index (κ3) is 3.36. The lowest BCUT2D eigenvalue weighted by Gasteiger charge is -2.18. The van der Waals surface area contributed by atoms with E-state index in [0.717, 1.165) is 18.5 Å². The molecule has 0 heterocycles. The molecule has 1 atom stereocenters. The number of nitrogens with one attached hydrogen (secondary N) is 1. The molecule has 0 spiro atoms. The molecule has 2 N–H and O–H groups in total. The van der Waals surface area contributed by atoms with Crippen molar-refractivity contribution < 1.29 is 5.11 Å². The molecule has 0 bridgehead atoms. The summed E-state index contributed by atoms with van der Waals surface area (Å²) in [4.78, 5) is 0. The molecular weight excluding hydrogens is 234 g/mol. The summed E-state index contributed by atoms with van der Waals surface area (Å²) in [5.41, 5.74) is 3.52. The minimum Gasteiger partial charge on any atom is -0.508 e. The second-order valence-corrected chi connectivity index (χ2v) is 4.90. The van der Waals surface area contributed by atoms with Gasteiger partial charge in [0, 0.05) is 5.92 Å². The average Bonchev–Trinajstić information content (AvgIpc) is 2.44. The summed E-state index contributed by atoms with van der Waals surface area (Å²) in [6, 6.07) is 16.4. The van der Waals surface area contributed by atoms with Gasteiger partial charge in [0.1, 0.15) is 5.75 Å². The SMILES string of the molecule is CNCCC(c1ccccc1)c1ccc(O)c(C)c1. The molecule has 2 heteroatoms. The van der Waals surface area contributed by atoms with Gasteiger partial charge in [-0.2, -0.15) is 0 Å². The summed E-state index contributed by atoms with van der Waals surface area (Å²) in [7, 11) is 1.98. The summed E-state index contributed by atoms with van der Waals surface area (Å²) in [5.74, 6) is 0.733. The van der Waals surface area contributed by atoms with Crippen LogP contribution in [-0.4, -0.2) is 18.7 Å². The molecule has 0 aliphatic rings. The van der Waals surface area contributed by atoms with E-state index in [1.165, 1.54) is 11.1 Å². The monoisotopic (exact) mass is 255 g/mol. The molecule has 0 saturated carbocycles. The van der Waals surface area contributed by atoms with E-state index >= 15 is 0 Å². The standard InChI is InChI=1S/C17H21NO/c1-13-12-15(8-9-17(13)19)16(10-11-18-2)14-6-4-3-5-7-14/h3-9,12,16,18-19H,10-11H2,1-2H3. The highest BCUT2D eigenvalue weighted by atomic mass is 16.3. The van der Waals surface area contributed by atoms with Crippen molar-refractivity contribution in [3.8, 4) is 5.75 Å². The van der Waals surface area contributed by atoms with Gasteiger partial charge in [0.2, 0.25) is 0 Å². The molecule has 0 saturated heterocycles. The Bertz CT molecular complexity index is 522. The third-order valence-electron chi connectivity index (χ3n) is 3.51. The van der Waals surface area contributed by atoms with Crippen molar-refractivity contribution in [1.29, 1.82) is 0 Å². The van der Waals surface area contributed by atoms with Gasteiger partial charge < -0.3 is 10.4 Å². The molecule has 19 heavy (non-hydrogen) atoms. The zero-order chi connectivity index (χ0) is 13.7. The molecule has 2 aromatic rings. The van der Waals surface area contributed by atoms with Gasteiger partial charge >= 0.3 is 0 Å². The third-order valence-corrected chi connectivity index (χ3v) is 3.51. The van der Waals surface area contributed by atoms with E-state index in [2.05, 4.69) is 35.6 Å². The fourth-order valence-corrected chi connectivity index (χ4v) is 2.40. The molecule has 2 rings (SSSR count). The largest absolute Gasteiger partial charge is 0.508 e. The Morgan fingerprint density at radius 2 is 1.79 bits per heavy atom. The van der Waals surface area contributed by atoms with E-state index in [1.54, 1.807) is 6.07 Å². The normalized spacial score (nSPS) is 12.3. The van der Waals surface area contributed by atoms with Crippen LogP contribution in [0.5, 0.6) is 5.75 Å². The van der Waals surface area contributed by atoms with Crippen molar-refractivity contribution in [2.75, 3.05) is 13.6 Å². The topological polar surface area (TPSA) is 32.3 Å². The highest BCUT2D eigenvalue weighted by Crippen LogP contribution is 2.30. The molecule has 2 aromatic carbocycles. The molecular formula is C17H21NO. The molecule has 0 radical (unpaired) electrons. The van der Waals surface area contributed by atoms with Crippen LogP contribution in [0.25, 0.3) is 0 Å². The maximum atomic E-state index is 9.66. The van der Waals surface area contributed by atoms with Crippen molar-refractivity contribution in [3.63, 3.8) is 0 Å². The van der Waals surface area contributed by atoms with E-state index in [4.69, 9.17) is 0 Å². The first-order valence-electron chi connectivity index (χ1n) is 6.71. The van der Waals surface area contributed by atoms with Crippen LogP contribution in [0.2, 0.25) is 0 Å². The van der Waals surface area contributed by atoms with Crippen LogP contribution < -0.4 is 5.32 Å². The maximum absolute atomic E-state index is 9.66. The number of aromatic hydroxyl groups is 1. The van der Waals surface area contributed by atoms with E-state index in [9.17, 15) is 5.11 Å². The van der Waals surface area contributed by atoms with Gasteiger partial charge in [-0.25, -0.2) is 0 Å². The second-order valence-electron chi connectivity index (χ2n) is 4.90. The second kappa shape index (κ2) is 6.39. The zero-order valence-electron chi connectivity index (χ0n) is 11.6. The molecule has 1 unspecified atom stereocenters. The van der Waals surface area contributed by atoms with Crippen LogP contribution >= 0.6 is 0 Å². The van der Waals surface area contributed by atoms with Crippen LogP contribution in [0, 0.1) is 6.92 Å². The zero-order valence-corrected chi connectivity index (χ0v) is 11.6. The molecule has 0 aliphatic heterocycles. The minimum atomic E-state index is 0.365. The van der Waals surface area contributed by atoms with Crippen molar-refractivity contribution in [1.82, 2.24) is 5.32 Å². The predicted molar refractivity (Wildman–Crippen MR) is 79.7 cm³/mol. The minimum absolute atomic E-state index is 0.365. The number of hydrogen-bond donors (Lipinski definition) is 2. The van der Waals surface area contributed by atoms with Gasteiger partial charge in [-0.15, -0.1) is 0 Å². The first-order valence-corrected chi connectivity index (χ1v) is 6.71. The Morgan fingerprint density at radius 1 is 1.05 bits per heavy atom. The molecule has 2 nitrogen and oxygen atoms in total. The lowest BCUT2D eigenvalue weighted by Crippen LogP contribution is -2.13. The highest BCUT2D eigenvalue weighted by Gasteiger charge is 2.14. The Labute approximate surface area is 115 Å². The summed E-state index contributed by atoms with van der Waals surface area (Å²) in [6.45, 7) is 2.92. The first kappa shape index (κ1) is 13.6. The van der Waals surface area contributed by atoms with Gasteiger partial charge in [-0.3, -0.25) is 0 Å². The Kier molecular flexibility index (Phi) is 4.58. The lowest BCUT2D eigenvalue weighted by atomic mass is 9.87. The summed E-state index contributed by atoms with van der Waals surface area (Å²) in [5, 5.41) is 12.9. The molecule has 0 aliphatic carbocycles. The lowest BCUT2D eigenvalue weighted by molar-refractivity contribution is 0.470. The Hall–Kier alpha value is -1.80. The Morgan fingerprint density at radius 3 is 2.42 bits per heavy atom. The van der Waals surface area contributed by atoms with Gasteiger partial charge in [-0.05, 0) is 49.7 Å². The summed E-state index contributed by atoms with van der Waals surface area (Å²) in [6.07, 6.45) is 1.05. The molecule has 0 aromatic heterocycles. The summed E-state index contributed by atoms with van der Waals surface area (Å²) >= 11 is 0. The number of hydrogen-bond acceptors (Lipinski definition) is 2. The molecule has 0 amide bonds. The predicted octanol–water partition coefficient (Wildman–Crippen LogP) is 3.44. The fraction of sp³-hybridized carbons (Fsp3) is 0.294. The number of phenolic OH excluding ortho intramolecular Hbond substituents is 1. The van der Waals surface area contributed by atoms with Crippen molar-refractivity contribution >= 4 is 0 Å². The maximum Gasteiger partial charge on any atom is 0.118 e. The van der Waals surface area contributed by atoms with Crippen LogP contribution in [0.4, 0.5) is 0 Å². The fourth-order valence-electron chi connectivity index (χ4n) is 2.40. The van der Waals surface area contributed by atoms with Gasteiger partial charge in [-0.1, -0.05) is 42.5 Å². The summed E-state index contributed by atoms with van der Waals surface area (Å²) < 4.78 is 0. The van der Waals surface area contributed by atoms with Crippen molar-refractivity contribution in [2.45, 2.75) is 19.3 Å². The highest BCUT2D eigenvalue weighted by molar-refractivity contribution is 5.40. The molecule has 100 valence electrons. The molecule has 0 fully saturated rings. The average molecular weight is 255 g/mol. The number of rotatable bonds is 5. The van der Waals surface area contributed by atoms with Gasteiger partial charge in [0.15, 0.2) is 0 Å². The van der Waals surface area contributed by atoms with Crippen LogP contribution in [0.3, 0.4) is 0 Å². The van der Waals surface area contributed by atoms with Gasteiger partial charge in [0.25, 0.3) is 0 Å². The van der Waals surface area contributed by atoms with E-state index < -0.39 is 0 Å². The Balaban J connectivity index is 2.34.